The molecule has 0 atom stereocenters. The number of carbonyl (C=O) groups excluding carboxylic acids is 1. The fourth-order valence-corrected chi connectivity index (χ4v) is 7.22. The van der Waals surface area contributed by atoms with Crippen molar-refractivity contribution in [2.24, 2.45) is 5.73 Å². The van der Waals surface area contributed by atoms with Gasteiger partial charge in [0.1, 0.15) is 0 Å². The summed E-state index contributed by atoms with van der Waals surface area (Å²) in [4.78, 5) is 17.9. The molecule has 2 heterocycles. The van der Waals surface area contributed by atoms with Crippen molar-refractivity contribution in [3.05, 3.63) is 59.8 Å². The minimum Gasteiger partial charge on any atom is -0.366 e. The molecule has 1 saturated heterocycles. The maximum atomic E-state index is 13.1. The predicted octanol–water partition coefficient (Wildman–Crippen LogP) is 4.95. The number of rotatable bonds is 10. The zero-order chi connectivity index (χ0) is 26.7. The first-order valence-electron chi connectivity index (χ1n) is 13.3. The Labute approximate surface area is 221 Å². The molecular weight excluding hydrogens is 484 g/mol. The van der Waals surface area contributed by atoms with Gasteiger partial charge in [-0.15, -0.1) is 0 Å². The molecule has 37 heavy (non-hydrogen) atoms. The fourth-order valence-electron chi connectivity index (χ4n) is 5.70. The summed E-state index contributed by atoms with van der Waals surface area (Å²) >= 11 is 0. The van der Waals surface area contributed by atoms with Crippen molar-refractivity contribution >= 4 is 26.8 Å². The van der Waals surface area contributed by atoms with Gasteiger partial charge in [-0.25, -0.2) is 12.7 Å². The molecule has 0 radical (unpaired) electrons. The highest BCUT2D eigenvalue weighted by atomic mass is 32.2. The summed E-state index contributed by atoms with van der Waals surface area (Å²) in [6, 6.07) is 14.7. The van der Waals surface area contributed by atoms with Crippen LogP contribution in [0.1, 0.15) is 68.8 Å². The Morgan fingerprint density at radius 2 is 1.70 bits per heavy atom. The average molecular weight is 525 g/mol. The molecule has 2 aromatic carbocycles. The number of nitrogens with zero attached hydrogens (tertiary/aromatic N) is 2. The van der Waals surface area contributed by atoms with E-state index in [1.165, 1.54) is 0 Å². The molecule has 8 heteroatoms. The van der Waals surface area contributed by atoms with E-state index in [1.54, 1.807) is 4.31 Å². The monoisotopic (exact) mass is 524 g/mol. The third-order valence-corrected chi connectivity index (χ3v) is 9.58. The lowest BCUT2D eigenvalue weighted by Crippen LogP contribution is -2.41. The highest BCUT2D eigenvalue weighted by Crippen LogP contribution is 2.37. The first-order valence-corrected chi connectivity index (χ1v) is 14.9. The van der Waals surface area contributed by atoms with Gasteiger partial charge in [-0.2, -0.15) is 0 Å². The van der Waals surface area contributed by atoms with Gasteiger partial charge in [0.2, 0.25) is 10.0 Å². The highest BCUT2D eigenvalue weighted by Gasteiger charge is 2.30. The number of hydrogen-bond donors (Lipinski definition) is 2. The molecule has 1 fully saturated rings. The molecule has 1 aliphatic heterocycles. The zero-order valence-electron chi connectivity index (χ0n) is 22.4. The van der Waals surface area contributed by atoms with Crippen LogP contribution in [0.25, 0.3) is 22.0 Å². The molecule has 1 aliphatic rings. The molecule has 3 N–H and O–H groups in total. The predicted molar refractivity (Wildman–Crippen MR) is 151 cm³/mol. The van der Waals surface area contributed by atoms with Crippen molar-refractivity contribution in [1.82, 2.24) is 14.2 Å². The Hall–Kier alpha value is -2.68. The Kier molecular flexibility index (Phi) is 8.41. The fraction of sp³-hybridized carbons (Fsp3) is 0.483. The number of hydrogen-bond acceptors (Lipinski definition) is 4. The van der Waals surface area contributed by atoms with Crippen LogP contribution in [0.4, 0.5) is 0 Å². The average Bonchev–Trinajstić information content (AvgIpc) is 3.30. The first kappa shape index (κ1) is 27.4. The minimum absolute atomic E-state index is 0.184. The quantitative estimate of drug-likeness (QED) is 0.392. The molecule has 3 aromatic rings. The number of H-pyrrole nitrogens is 1. The summed E-state index contributed by atoms with van der Waals surface area (Å²) in [5.41, 5.74) is 10.0. The van der Waals surface area contributed by atoms with Crippen LogP contribution in [0, 0.1) is 0 Å². The third-order valence-electron chi connectivity index (χ3n) is 7.63. The molecule has 0 aliphatic carbocycles. The summed E-state index contributed by atoms with van der Waals surface area (Å²) in [5.74, 6) is -0.0711. The van der Waals surface area contributed by atoms with Gasteiger partial charge in [0, 0.05) is 36.8 Å². The summed E-state index contributed by atoms with van der Waals surface area (Å²) in [5, 5.41) is 0.985. The van der Waals surface area contributed by atoms with E-state index in [4.69, 9.17) is 5.73 Å². The normalized spacial score (nSPS) is 15.9. The molecule has 1 aromatic heterocycles. The molecule has 0 unspecified atom stereocenters. The second-order valence-electron chi connectivity index (χ2n) is 10.7. The van der Waals surface area contributed by atoms with Crippen molar-refractivity contribution in [1.29, 1.82) is 0 Å². The molecule has 7 nitrogen and oxygen atoms in total. The maximum Gasteiger partial charge on any atom is 0.250 e. The smallest absolute Gasteiger partial charge is 0.250 e. The van der Waals surface area contributed by atoms with Crippen molar-refractivity contribution in [2.45, 2.75) is 65.0 Å². The molecule has 0 saturated carbocycles. The summed E-state index contributed by atoms with van der Waals surface area (Å²) in [6.45, 7) is 10.4. The largest absolute Gasteiger partial charge is 0.366 e. The number of aromatic amines is 1. The third kappa shape index (κ3) is 6.08. The van der Waals surface area contributed by atoms with E-state index in [9.17, 15) is 13.2 Å². The molecular formula is C29H40N4O3S. The zero-order valence-corrected chi connectivity index (χ0v) is 23.2. The van der Waals surface area contributed by atoms with Crippen molar-refractivity contribution in [3.63, 3.8) is 0 Å². The second kappa shape index (κ2) is 11.4. The minimum atomic E-state index is -3.29. The Balaban J connectivity index is 1.48. The maximum absolute atomic E-state index is 13.1. The number of sulfonamides is 1. The van der Waals surface area contributed by atoms with Gasteiger partial charge in [0.15, 0.2) is 0 Å². The molecule has 1 amide bonds. The number of primary amides is 1. The number of piperidine rings is 1. The van der Waals surface area contributed by atoms with Crippen molar-refractivity contribution < 1.29 is 13.2 Å². The van der Waals surface area contributed by atoms with Crippen LogP contribution in [0.5, 0.6) is 0 Å². The van der Waals surface area contributed by atoms with Crippen LogP contribution >= 0.6 is 0 Å². The number of carbonyl (C=O) groups is 1. The van der Waals surface area contributed by atoms with Crippen molar-refractivity contribution in [3.8, 4) is 11.1 Å². The lowest BCUT2D eigenvalue weighted by atomic mass is 9.88. The standard InChI is InChI=1S/C29H40N4O3S/c1-20(2)33(21(3)4)13-8-16-37(35,36)32-14-11-23(12-15-32)27-19-31-28-25(27)17-24(18-26(28)29(30)34)22-9-6-5-7-10-22/h5-7,9-10,17-21,23,31H,8,11-16H2,1-4H3,(H2,30,34). The SMILES string of the molecule is CC(C)N(CCCS(=O)(=O)N1CCC(c2c[nH]c3c(C(N)=O)cc(-c4ccccc4)cc23)CC1)C(C)C. The molecule has 0 bridgehead atoms. The number of aromatic nitrogens is 1. The number of benzene rings is 2. The van der Waals surface area contributed by atoms with E-state index in [1.807, 2.05) is 42.6 Å². The van der Waals surface area contributed by atoms with Gasteiger partial charge >= 0.3 is 0 Å². The van der Waals surface area contributed by atoms with Crippen LogP contribution in [0.2, 0.25) is 0 Å². The van der Waals surface area contributed by atoms with E-state index in [2.05, 4.69) is 43.6 Å². The van der Waals surface area contributed by atoms with Gasteiger partial charge in [-0.1, -0.05) is 30.3 Å². The van der Waals surface area contributed by atoms with E-state index in [0.717, 1.165) is 47.0 Å². The Morgan fingerprint density at radius 3 is 2.30 bits per heavy atom. The summed E-state index contributed by atoms with van der Waals surface area (Å²) in [7, 11) is -3.29. The first-order chi connectivity index (χ1) is 17.6. The van der Waals surface area contributed by atoms with Crippen LogP contribution in [-0.2, 0) is 10.0 Å². The van der Waals surface area contributed by atoms with E-state index in [0.29, 0.717) is 37.2 Å². The van der Waals surface area contributed by atoms with Crippen LogP contribution in [0.3, 0.4) is 0 Å². The van der Waals surface area contributed by atoms with Crippen molar-refractivity contribution in [2.75, 3.05) is 25.4 Å². The number of fused-ring (bicyclic) bond motifs is 1. The van der Waals surface area contributed by atoms with Gasteiger partial charge in [-0.3, -0.25) is 9.69 Å². The van der Waals surface area contributed by atoms with E-state index < -0.39 is 15.9 Å². The Bertz CT molecular complexity index is 1320. The summed E-state index contributed by atoms with van der Waals surface area (Å²) < 4.78 is 27.8. The number of nitrogens with two attached hydrogens (primary N) is 1. The van der Waals surface area contributed by atoms with Crippen LogP contribution in [0.15, 0.2) is 48.7 Å². The van der Waals surface area contributed by atoms with E-state index >= 15 is 0 Å². The Morgan fingerprint density at radius 1 is 1.05 bits per heavy atom. The lowest BCUT2D eigenvalue weighted by molar-refractivity contribution is 0.100. The van der Waals surface area contributed by atoms with Gasteiger partial charge < -0.3 is 10.7 Å². The summed E-state index contributed by atoms with van der Waals surface area (Å²) in [6.07, 6.45) is 4.10. The van der Waals surface area contributed by atoms with Crippen LogP contribution < -0.4 is 5.73 Å². The second-order valence-corrected chi connectivity index (χ2v) is 12.8. The topological polar surface area (TPSA) is 99.5 Å². The van der Waals surface area contributed by atoms with Gasteiger partial charge in [-0.05, 0) is 88.2 Å². The molecule has 0 spiro atoms. The van der Waals surface area contributed by atoms with E-state index in [-0.39, 0.29) is 11.7 Å². The number of amides is 1. The van der Waals surface area contributed by atoms with Gasteiger partial charge in [0.05, 0.1) is 16.8 Å². The number of nitrogens with one attached hydrogen (secondary N) is 1. The van der Waals surface area contributed by atoms with Crippen LogP contribution in [-0.4, -0.2) is 66.0 Å². The molecule has 200 valence electrons. The lowest BCUT2D eigenvalue weighted by Gasteiger charge is -2.32. The molecule has 4 rings (SSSR count). The highest BCUT2D eigenvalue weighted by molar-refractivity contribution is 7.89. The van der Waals surface area contributed by atoms with Gasteiger partial charge in [0.25, 0.3) is 5.91 Å².